The van der Waals surface area contributed by atoms with Crippen LogP contribution >= 0.6 is 0 Å². The van der Waals surface area contributed by atoms with Crippen LogP contribution in [0.15, 0.2) is 121 Å². The summed E-state index contributed by atoms with van der Waals surface area (Å²) < 4.78 is 6.05. The first-order valence-electron chi connectivity index (χ1n) is 15.8. The predicted molar refractivity (Wildman–Crippen MR) is 187 cm³/mol. The van der Waals surface area contributed by atoms with Gasteiger partial charge in [-0.25, -0.2) is 0 Å². The van der Waals surface area contributed by atoms with Crippen molar-refractivity contribution >= 4 is 35.0 Å². The number of carbonyl (C=O) groups is 4. The third kappa shape index (κ3) is 6.73. The van der Waals surface area contributed by atoms with Gasteiger partial charge in [-0.2, -0.15) is 0 Å². The fourth-order valence-electron chi connectivity index (χ4n) is 5.72. The lowest BCUT2D eigenvalue weighted by Crippen LogP contribution is -2.30. The molecule has 48 heavy (non-hydrogen) atoms. The summed E-state index contributed by atoms with van der Waals surface area (Å²) in [5.74, 6) is -0.455. The molecule has 0 bridgehead atoms. The van der Waals surface area contributed by atoms with Crippen molar-refractivity contribution in [2.45, 2.75) is 19.8 Å². The Bertz CT molecular complexity index is 1950. The summed E-state index contributed by atoms with van der Waals surface area (Å²) in [4.78, 5) is 54.8. The molecule has 0 radical (unpaired) electrons. The van der Waals surface area contributed by atoms with Gasteiger partial charge in [0.25, 0.3) is 23.6 Å². The van der Waals surface area contributed by atoms with Gasteiger partial charge in [-0.15, -0.1) is 0 Å². The maximum absolute atomic E-state index is 13.5. The average Bonchev–Trinajstić information content (AvgIpc) is 3.36. The van der Waals surface area contributed by atoms with Gasteiger partial charge in [0.05, 0.1) is 23.4 Å². The Kier molecular flexibility index (Phi) is 9.43. The van der Waals surface area contributed by atoms with Gasteiger partial charge in [-0.3, -0.25) is 24.1 Å². The minimum absolute atomic E-state index is 0.237. The molecule has 0 saturated carbocycles. The zero-order chi connectivity index (χ0) is 33.6. The zero-order valence-corrected chi connectivity index (χ0v) is 26.8. The van der Waals surface area contributed by atoms with E-state index in [-0.39, 0.29) is 23.6 Å². The minimum atomic E-state index is -0.263. The largest absolute Gasteiger partial charge is 0.491 e. The topological polar surface area (TPSA) is 96.0 Å². The Balaban J connectivity index is 1.04. The fourth-order valence-corrected chi connectivity index (χ4v) is 5.72. The predicted octanol–water partition coefficient (Wildman–Crippen LogP) is 7.65. The van der Waals surface area contributed by atoms with Gasteiger partial charge in [0, 0.05) is 30.4 Å². The van der Waals surface area contributed by atoms with Crippen LogP contribution in [0, 0.1) is 6.92 Å². The second-order valence-electron chi connectivity index (χ2n) is 11.6. The van der Waals surface area contributed by atoms with E-state index < -0.39 is 0 Å². The van der Waals surface area contributed by atoms with Crippen LogP contribution in [0.4, 0.5) is 11.4 Å². The van der Waals surface area contributed by atoms with Crippen molar-refractivity contribution in [2.75, 3.05) is 30.4 Å². The summed E-state index contributed by atoms with van der Waals surface area (Å²) in [5, 5.41) is 2.95. The number of anilines is 2. The molecule has 240 valence electrons. The minimum Gasteiger partial charge on any atom is -0.491 e. The number of nitrogens with one attached hydrogen (secondary N) is 1. The van der Waals surface area contributed by atoms with Crippen molar-refractivity contribution in [3.05, 3.63) is 149 Å². The summed E-state index contributed by atoms with van der Waals surface area (Å²) in [5.41, 5.74) is 6.02. The van der Waals surface area contributed by atoms with Crippen LogP contribution in [0.3, 0.4) is 0 Å². The molecule has 0 spiro atoms. The number of imide groups is 1. The summed E-state index contributed by atoms with van der Waals surface area (Å²) in [7, 11) is 1.69. The molecule has 4 amide bonds. The van der Waals surface area contributed by atoms with Crippen LogP contribution in [0.5, 0.6) is 5.75 Å². The number of amides is 4. The molecule has 6 rings (SSSR count). The maximum atomic E-state index is 13.5. The van der Waals surface area contributed by atoms with Gasteiger partial charge in [-0.1, -0.05) is 72.3 Å². The third-order valence-electron chi connectivity index (χ3n) is 8.37. The molecular weight excluding hydrogens is 602 g/mol. The summed E-state index contributed by atoms with van der Waals surface area (Å²) in [6, 6.07) is 36.5. The van der Waals surface area contributed by atoms with Crippen LogP contribution in [0.25, 0.3) is 11.1 Å². The van der Waals surface area contributed by atoms with Crippen LogP contribution in [0.1, 0.15) is 59.8 Å². The average molecular weight is 638 g/mol. The number of rotatable bonds is 11. The molecule has 8 heteroatoms. The number of para-hydroxylation sites is 2. The van der Waals surface area contributed by atoms with Gasteiger partial charge in [-0.05, 0) is 85.5 Å². The molecule has 8 nitrogen and oxygen atoms in total. The van der Waals surface area contributed by atoms with Crippen molar-refractivity contribution in [3.8, 4) is 16.9 Å². The molecule has 1 aliphatic rings. The molecule has 0 atom stereocenters. The number of aryl methyl sites for hydroxylation is 1. The number of unbranched alkanes of at least 4 members (excludes halogenated alkanes) is 1. The van der Waals surface area contributed by atoms with Gasteiger partial charge < -0.3 is 15.0 Å². The number of hydrogen-bond donors (Lipinski definition) is 1. The standard InChI is InChI=1S/C40H35N3O5/c1-27-17-19-28(20-18-27)31-11-3-4-12-32(31)37(44)41-30-23-21-29(22-24-30)38(45)42(2)35-15-7-8-16-36(35)48-26-10-9-25-43-39(46)33-13-5-6-14-34(33)40(43)47/h3-8,11-24H,9-10,25-26H2,1-2H3,(H,41,44). The van der Waals surface area contributed by atoms with Crippen molar-refractivity contribution in [2.24, 2.45) is 0 Å². The van der Waals surface area contributed by atoms with Crippen molar-refractivity contribution in [1.29, 1.82) is 0 Å². The number of fused-ring (bicyclic) bond motifs is 1. The van der Waals surface area contributed by atoms with Crippen LogP contribution in [-0.4, -0.2) is 48.7 Å². The van der Waals surface area contributed by atoms with Gasteiger partial charge in [0.2, 0.25) is 0 Å². The number of ether oxygens (including phenoxy) is 1. The number of hydrogen-bond acceptors (Lipinski definition) is 5. The third-order valence-corrected chi connectivity index (χ3v) is 8.37. The number of carbonyl (C=O) groups excluding carboxylic acids is 4. The first-order chi connectivity index (χ1) is 23.3. The summed E-state index contributed by atoms with van der Waals surface area (Å²) in [6.07, 6.45) is 1.20. The van der Waals surface area contributed by atoms with E-state index in [9.17, 15) is 19.2 Å². The van der Waals surface area contributed by atoms with Crippen LogP contribution in [-0.2, 0) is 0 Å². The van der Waals surface area contributed by atoms with Gasteiger partial charge in [0.15, 0.2) is 0 Å². The Morgan fingerprint density at radius 3 is 2.00 bits per heavy atom. The van der Waals surface area contributed by atoms with Gasteiger partial charge in [0.1, 0.15) is 5.75 Å². The summed E-state index contributed by atoms with van der Waals surface area (Å²) in [6.45, 7) is 2.69. The molecule has 0 aromatic heterocycles. The lowest BCUT2D eigenvalue weighted by Gasteiger charge is -2.21. The molecule has 0 aliphatic carbocycles. The smallest absolute Gasteiger partial charge is 0.261 e. The zero-order valence-electron chi connectivity index (χ0n) is 26.8. The molecule has 1 N–H and O–H groups in total. The second-order valence-corrected chi connectivity index (χ2v) is 11.6. The van der Waals surface area contributed by atoms with E-state index in [0.717, 1.165) is 16.7 Å². The molecule has 0 fully saturated rings. The maximum Gasteiger partial charge on any atom is 0.261 e. The van der Waals surface area contributed by atoms with Crippen molar-refractivity contribution < 1.29 is 23.9 Å². The van der Waals surface area contributed by atoms with E-state index in [2.05, 4.69) is 5.32 Å². The number of nitrogens with zero attached hydrogens (tertiary/aromatic N) is 2. The quantitative estimate of drug-likeness (QED) is 0.119. The van der Waals surface area contributed by atoms with E-state index in [1.165, 1.54) is 9.80 Å². The second kappa shape index (κ2) is 14.2. The lowest BCUT2D eigenvalue weighted by atomic mass is 9.98. The first kappa shape index (κ1) is 31.9. The molecule has 1 heterocycles. The van der Waals surface area contributed by atoms with Crippen molar-refractivity contribution in [3.63, 3.8) is 0 Å². The molecule has 1 aliphatic heterocycles. The highest BCUT2D eigenvalue weighted by Gasteiger charge is 2.34. The fraction of sp³-hybridized carbons (Fsp3) is 0.150. The van der Waals surface area contributed by atoms with E-state index in [1.54, 1.807) is 67.7 Å². The highest BCUT2D eigenvalue weighted by molar-refractivity contribution is 6.21. The summed E-state index contributed by atoms with van der Waals surface area (Å²) >= 11 is 0. The first-order valence-corrected chi connectivity index (χ1v) is 15.8. The Labute approximate surface area is 279 Å². The molecule has 5 aromatic rings. The molecule has 5 aromatic carbocycles. The van der Waals surface area contributed by atoms with Crippen molar-refractivity contribution in [1.82, 2.24) is 4.90 Å². The van der Waals surface area contributed by atoms with E-state index in [4.69, 9.17) is 4.74 Å². The van der Waals surface area contributed by atoms with Gasteiger partial charge >= 0.3 is 0 Å². The van der Waals surface area contributed by atoms with Crippen LogP contribution < -0.4 is 15.0 Å². The SMILES string of the molecule is Cc1ccc(-c2ccccc2C(=O)Nc2ccc(C(=O)N(C)c3ccccc3OCCCCN3C(=O)c4ccccc4C3=O)cc2)cc1. The Hall–Kier alpha value is -6.02. The lowest BCUT2D eigenvalue weighted by molar-refractivity contribution is 0.0649. The highest BCUT2D eigenvalue weighted by Crippen LogP contribution is 2.30. The monoisotopic (exact) mass is 637 g/mol. The number of benzene rings is 5. The van der Waals surface area contributed by atoms with E-state index in [1.807, 2.05) is 67.6 Å². The van der Waals surface area contributed by atoms with E-state index >= 15 is 0 Å². The molecular formula is C40H35N3O5. The Morgan fingerprint density at radius 1 is 0.708 bits per heavy atom. The molecule has 0 unspecified atom stereocenters. The normalized spacial score (nSPS) is 12.1. The van der Waals surface area contributed by atoms with Crippen LogP contribution in [0.2, 0.25) is 0 Å². The Morgan fingerprint density at radius 2 is 1.31 bits per heavy atom. The van der Waals surface area contributed by atoms with E-state index in [0.29, 0.717) is 65.4 Å². The molecule has 0 saturated heterocycles. The highest BCUT2D eigenvalue weighted by atomic mass is 16.5.